The third-order valence-corrected chi connectivity index (χ3v) is 4.05. The van der Waals surface area contributed by atoms with Gasteiger partial charge in [0, 0.05) is 13.1 Å². The van der Waals surface area contributed by atoms with Gasteiger partial charge in [0.2, 0.25) is 0 Å². The summed E-state index contributed by atoms with van der Waals surface area (Å²) in [6.07, 6.45) is 1.63. The number of para-hydroxylation sites is 1. The molecule has 0 radical (unpaired) electrons. The second-order valence-corrected chi connectivity index (χ2v) is 6.40. The number of halogens is 1. The van der Waals surface area contributed by atoms with Crippen LogP contribution in [0.1, 0.15) is 24.5 Å². The fourth-order valence-corrected chi connectivity index (χ4v) is 2.80. The zero-order valence-electron chi connectivity index (χ0n) is 15.4. The molecule has 26 heavy (non-hydrogen) atoms. The third-order valence-electron chi connectivity index (χ3n) is 4.05. The summed E-state index contributed by atoms with van der Waals surface area (Å²) in [4.78, 5) is 2.10. The average Bonchev–Trinajstić information content (AvgIpc) is 2.61. The molecule has 0 saturated carbocycles. The van der Waals surface area contributed by atoms with E-state index in [4.69, 9.17) is 9.84 Å². The van der Waals surface area contributed by atoms with E-state index < -0.39 is 0 Å². The summed E-state index contributed by atoms with van der Waals surface area (Å²) in [7, 11) is 0. The molecule has 2 aromatic rings. The summed E-state index contributed by atoms with van der Waals surface area (Å²) in [6.45, 7) is 4.58. The maximum Gasteiger partial charge on any atom is 0.119 e. The summed E-state index contributed by atoms with van der Waals surface area (Å²) < 4.78 is 5.75. The minimum atomic E-state index is -0.365. The predicted molar refractivity (Wildman–Crippen MR) is 108 cm³/mol. The second kappa shape index (κ2) is 12.7. The van der Waals surface area contributed by atoms with Crippen LogP contribution in [0.4, 0.5) is 0 Å². The van der Waals surface area contributed by atoms with E-state index in [-0.39, 0.29) is 25.1 Å². The third kappa shape index (κ3) is 8.68. The molecule has 2 rings (SSSR count). The van der Waals surface area contributed by atoms with Gasteiger partial charge in [-0.1, -0.05) is 42.5 Å². The number of aryl methyl sites for hydroxylation is 1. The highest BCUT2D eigenvalue weighted by molar-refractivity contribution is 5.85. The molecule has 0 heterocycles. The lowest BCUT2D eigenvalue weighted by Gasteiger charge is -2.22. The van der Waals surface area contributed by atoms with Crippen LogP contribution < -0.4 is 4.74 Å². The van der Waals surface area contributed by atoms with Crippen molar-refractivity contribution in [3.8, 4) is 5.75 Å². The molecule has 0 aliphatic heterocycles. The number of aliphatic hydroxyl groups is 2. The number of aliphatic hydroxyl groups excluding tert-OH is 2. The Bertz CT molecular complexity index is 590. The molecule has 0 aliphatic rings. The summed E-state index contributed by atoms with van der Waals surface area (Å²) >= 11 is 0. The molecule has 5 heteroatoms. The molecule has 1 atom stereocenters. The number of rotatable bonds is 11. The highest BCUT2D eigenvalue weighted by atomic mass is 35.5. The molecule has 144 valence electrons. The maximum absolute atomic E-state index is 9.49. The van der Waals surface area contributed by atoms with Gasteiger partial charge in [-0.2, -0.15) is 0 Å². The number of benzene rings is 2. The van der Waals surface area contributed by atoms with Gasteiger partial charge in [-0.05, 0) is 49.6 Å². The molecule has 0 fully saturated rings. The van der Waals surface area contributed by atoms with E-state index in [9.17, 15) is 5.11 Å². The summed E-state index contributed by atoms with van der Waals surface area (Å²) in [5.74, 6) is 0.883. The Labute approximate surface area is 162 Å². The maximum atomic E-state index is 9.49. The average molecular weight is 380 g/mol. The monoisotopic (exact) mass is 379 g/mol. The van der Waals surface area contributed by atoms with Gasteiger partial charge in [0.25, 0.3) is 0 Å². The van der Waals surface area contributed by atoms with E-state index in [1.165, 1.54) is 5.56 Å². The van der Waals surface area contributed by atoms with Crippen molar-refractivity contribution in [1.29, 1.82) is 0 Å². The molecule has 2 aromatic carbocycles. The first-order valence-electron chi connectivity index (χ1n) is 8.94. The molecule has 0 aliphatic carbocycles. The lowest BCUT2D eigenvalue weighted by Crippen LogP contribution is -2.34. The summed E-state index contributed by atoms with van der Waals surface area (Å²) in [6, 6.07) is 18.3. The van der Waals surface area contributed by atoms with E-state index in [2.05, 4.69) is 29.2 Å². The van der Waals surface area contributed by atoms with E-state index in [0.29, 0.717) is 19.7 Å². The van der Waals surface area contributed by atoms with Crippen molar-refractivity contribution >= 4 is 12.4 Å². The Kier molecular flexibility index (Phi) is 11.0. The predicted octanol–water partition coefficient (Wildman–Crippen LogP) is 3.30. The molecule has 0 spiro atoms. The van der Waals surface area contributed by atoms with Crippen LogP contribution in [0.5, 0.6) is 5.75 Å². The number of hydrogen-bond donors (Lipinski definition) is 2. The van der Waals surface area contributed by atoms with Crippen LogP contribution in [0.3, 0.4) is 0 Å². The van der Waals surface area contributed by atoms with Gasteiger partial charge in [-0.15, -0.1) is 12.4 Å². The largest absolute Gasteiger partial charge is 0.489 e. The lowest BCUT2D eigenvalue weighted by atomic mass is 10.1. The first kappa shape index (κ1) is 22.5. The van der Waals surface area contributed by atoms with Crippen LogP contribution in [0.2, 0.25) is 0 Å². The van der Waals surface area contributed by atoms with Crippen LogP contribution in [-0.2, 0) is 13.0 Å². The normalized spacial score (nSPS) is 11.8. The topological polar surface area (TPSA) is 52.9 Å². The molecule has 0 bridgehead atoms. The molecule has 4 nitrogen and oxygen atoms in total. The van der Waals surface area contributed by atoms with Crippen molar-refractivity contribution in [3.63, 3.8) is 0 Å². The van der Waals surface area contributed by atoms with Gasteiger partial charge < -0.3 is 14.9 Å². The molecule has 2 N–H and O–H groups in total. The fourth-order valence-electron chi connectivity index (χ4n) is 2.80. The van der Waals surface area contributed by atoms with Crippen molar-refractivity contribution in [2.45, 2.75) is 32.5 Å². The summed E-state index contributed by atoms with van der Waals surface area (Å²) in [5, 5.41) is 18.6. The molecule has 0 aromatic heterocycles. The van der Waals surface area contributed by atoms with Crippen molar-refractivity contribution in [1.82, 2.24) is 4.90 Å². The van der Waals surface area contributed by atoms with Crippen LogP contribution >= 0.6 is 12.4 Å². The lowest BCUT2D eigenvalue weighted by molar-refractivity contribution is 0.110. The number of ether oxygens (including phenoxy) is 1. The van der Waals surface area contributed by atoms with Crippen molar-refractivity contribution < 1.29 is 14.9 Å². The number of hydrogen-bond acceptors (Lipinski definition) is 4. The first-order chi connectivity index (χ1) is 12.2. The van der Waals surface area contributed by atoms with E-state index in [1.54, 1.807) is 6.92 Å². The smallest absolute Gasteiger partial charge is 0.119 e. The Morgan fingerprint density at radius 3 is 2.23 bits per heavy atom. The van der Waals surface area contributed by atoms with Crippen LogP contribution in [0.25, 0.3) is 0 Å². The highest BCUT2D eigenvalue weighted by Crippen LogP contribution is 2.13. The molecule has 0 amide bonds. The SMILES string of the molecule is CC(O)CN(CCO)CCCc1ccc(COc2ccccc2)cc1.Cl. The first-order valence-corrected chi connectivity index (χ1v) is 8.94. The minimum absolute atomic E-state index is 0. The van der Waals surface area contributed by atoms with E-state index in [0.717, 1.165) is 30.7 Å². The van der Waals surface area contributed by atoms with E-state index >= 15 is 0 Å². The zero-order chi connectivity index (χ0) is 17.9. The van der Waals surface area contributed by atoms with Crippen molar-refractivity contribution in [2.24, 2.45) is 0 Å². The Balaban J connectivity index is 0.00000338. The molecule has 1 unspecified atom stereocenters. The fraction of sp³-hybridized carbons (Fsp3) is 0.429. The van der Waals surface area contributed by atoms with Crippen LogP contribution in [0.15, 0.2) is 54.6 Å². The minimum Gasteiger partial charge on any atom is -0.489 e. The van der Waals surface area contributed by atoms with Crippen LogP contribution in [0, 0.1) is 0 Å². The van der Waals surface area contributed by atoms with Gasteiger partial charge in [0.15, 0.2) is 0 Å². The quantitative estimate of drug-likeness (QED) is 0.629. The Morgan fingerprint density at radius 1 is 0.962 bits per heavy atom. The second-order valence-electron chi connectivity index (χ2n) is 6.40. The summed E-state index contributed by atoms with van der Waals surface area (Å²) in [5.41, 5.74) is 2.45. The van der Waals surface area contributed by atoms with Gasteiger partial charge >= 0.3 is 0 Å². The zero-order valence-corrected chi connectivity index (χ0v) is 16.2. The van der Waals surface area contributed by atoms with Gasteiger partial charge in [0.1, 0.15) is 12.4 Å². The highest BCUT2D eigenvalue weighted by Gasteiger charge is 2.07. The van der Waals surface area contributed by atoms with Crippen molar-refractivity contribution in [3.05, 3.63) is 65.7 Å². The van der Waals surface area contributed by atoms with Gasteiger partial charge in [0.05, 0.1) is 12.7 Å². The molecule has 0 saturated heterocycles. The Morgan fingerprint density at radius 2 is 1.62 bits per heavy atom. The molecular weight excluding hydrogens is 350 g/mol. The van der Waals surface area contributed by atoms with Gasteiger partial charge in [-0.25, -0.2) is 0 Å². The Hall–Kier alpha value is -1.59. The standard InChI is InChI=1S/C21H29NO3.ClH/c1-18(24)16-22(14-15-23)13-5-6-19-9-11-20(12-10-19)17-25-21-7-3-2-4-8-21;/h2-4,7-12,18,23-24H,5-6,13-17H2,1H3;1H. The molecular formula is C21H30ClNO3. The van der Waals surface area contributed by atoms with Gasteiger partial charge in [-0.3, -0.25) is 4.90 Å². The number of nitrogens with zero attached hydrogens (tertiary/aromatic N) is 1. The van der Waals surface area contributed by atoms with E-state index in [1.807, 2.05) is 30.3 Å². The van der Waals surface area contributed by atoms with Crippen LogP contribution in [-0.4, -0.2) is 47.5 Å². The van der Waals surface area contributed by atoms with Crippen molar-refractivity contribution in [2.75, 3.05) is 26.2 Å².